The Morgan fingerprint density at radius 1 is 1.33 bits per heavy atom. The molecule has 1 aromatic rings. The lowest BCUT2D eigenvalue weighted by molar-refractivity contribution is 0.281. The van der Waals surface area contributed by atoms with Crippen molar-refractivity contribution in [2.75, 3.05) is 18.0 Å². The van der Waals surface area contributed by atoms with Crippen LogP contribution in [-0.2, 0) is 6.61 Å². The average Bonchev–Trinajstić information content (AvgIpc) is 2.40. The van der Waals surface area contributed by atoms with Crippen LogP contribution in [0.25, 0.3) is 0 Å². The number of hydrogen-bond acceptors (Lipinski definition) is 2. The molecule has 0 aromatic heterocycles. The highest BCUT2D eigenvalue weighted by molar-refractivity contribution is 5.53. The number of aliphatic hydroxyl groups is 1. The molecule has 0 spiro atoms. The second-order valence-electron chi connectivity index (χ2n) is 5.15. The predicted molar refractivity (Wildman–Crippen MR) is 72.2 cm³/mol. The summed E-state index contributed by atoms with van der Waals surface area (Å²) in [6.45, 7) is 4.17. The fourth-order valence-electron chi connectivity index (χ4n) is 2.86. The van der Waals surface area contributed by atoms with E-state index in [1.54, 1.807) is 6.07 Å². The number of piperidine rings is 1. The van der Waals surface area contributed by atoms with Gasteiger partial charge in [0.25, 0.3) is 0 Å². The molecule has 3 heteroatoms. The molecule has 1 saturated heterocycles. The molecular formula is C15H22FNO. The third-order valence-electron chi connectivity index (χ3n) is 3.86. The van der Waals surface area contributed by atoms with Gasteiger partial charge in [0.05, 0.1) is 6.61 Å². The molecule has 0 unspecified atom stereocenters. The van der Waals surface area contributed by atoms with E-state index in [9.17, 15) is 9.50 Å². The van der Waals surface area contributed by atoms with Gasteiger partial charge in [-0.3, -0.25) is 0 Å². The van der Waals surface area contributed by atoms with E-state index in [2.05, 4.69) is 11.8 Å². The maximum atomic E-state index is 13.1. The molecule has 2 nitrogen and oxygen atoms in total. The second kappa shape index (κ2) is 6.19. The van der Waals surface area contributed by atoms with E-state index in [0.717, 1.165) is 24.7 Å². The highest BCUT2D eigenvalue weighted by Gasteiger charge is 2.20. The summed E-state index contributed by atoms with van der Waals surface area (Å²) in [5.41, 5.74) is 1.69. The van der Waals surface area contributed by atoms with Crippen LogP contribution in [0.5, 0.6) is 0 Å². The maximum absolute atomic E-state index is 13.1. The third kappa shape index (κ3) is 3.02. The lowest BCUT2D eigenvalue weighted by Gasteiger charge is -2.34. The lowest BCUT2D eigenvalue weighted by atomic mass is 9.92. The molecule has 0 saturated carbocycles. The first kappa shape index (κ1) is 13.3. The monoisotopic (exact) mass is 251 g/mol. The molecule has 1 aliphatic heterocycles. The van der Waals surface area contributed by atoms with Crippen LogP contribution in [0.15, 0.2) is 18.2 Å². The number of aliphatic hydroxyl groups excluding tert-OH is 1. The number of halogens is 1. The van der Waals surface area contributed by atoms with Crippen LogP contribution in [0.2, 0.25) is 0 Å². The summed E-state index contributed by atoms with van der Waals surface area (Å²) in [6.07, 6.45) is 4.97. The SMILES string of the molecule is CCCC1CCN(c2ccc(F)cc2CO)CC1. The first-order chi connectivity index (χ1) is 8.74. The highest BCUT2D eigenvalue weighted by Crippen LogP contribution is 2.28. The summed E-state index contributed by atoms with van der Waals surface area (Å²) < 4.78 is 13.1. The summed E-state index contributed by atoms with van der Waals surface area (Å²) >= 11 is 0. The smallest absolute Gasteiger partial charge is 0.123 e. The molecular weight excluding hydrogens is 229 g/mol. The number of hydrogen-bond donors (Lipinski definition) is 1. The maximum Gasteiger partial charge on any atom is 0.123 e. The molecule has 1 N–H and O–H groups in total. The zero-order chi connectivity index (χ0) is 13.0. The molecule has 0 amide bonds. The van der Waals surface area contributed by atoms with Gasteiger partial charge in [-0.15, -0.1) is 0 Å². The van der Waals surface area contributed by atoms with E-state index >= 15 is 0 Å². The van der Waals surface area contributed by atoms with Crippen LogP contribution in [-0.4, -0.2) is 18.2 Å². The Labute approximate surface area is 108 Å². The van der Waals surface area contributed by atoms with Gasteiger partial charge >= 0.3 is 0 Å². The van der Waals surface area contributed by atoms with Gasteiger partial charge in [-0.1, -0.05) is 19.8 Å². The first-order valence-corrected chi connectivity index (χ1v) is 6.88. The van der Waals surface area contributed by atoms with Crippen LogP contribution < -0.4 is 4.90 Å². The molecule has 0 radical (unpaired) electrons. The van der Waals surface area contributed by atoms with E-state index in [4.69, 9.17) is 0 Å². The van der Waals surface area contributed by atoms with Crippen molar-refractivity contribution in [3.8, 4) is 0 Å². The van der Waals surface area contributed by atoms with Crippen LogP contribution >= 0.6 is 0 Å². The van der Waals surface area contributed by atoms with Gasteiger partial charge in [0.15, 0.2) is 0 Å². The molecule has 1 fully saturated rings. The molecule has 1 aliphatic rings. The fraction of sp³-hybridized carbons (Fsp3) is 0.600. The van der Waals surface area contributed by atoms with Crippen molar-refractivity contribution in [1.29, 1.82) is 0 Å². The molecule has 1 aromatic carbocycles. The standard InChI is InChI=1S/C15H22FNO/c1-2-3-12-6-8-17(9-7-12)15-5-4-14(16)10-13(15)11-18/h4-5,10,12,18H,2-3,6-9,11H2,1H3. The summed E-state index contributed by atoms with van der Waals surface area (Å²) in [5, 5.41) is 9.32. The van der Waals surface area contributed by atoms with Gasteiger partial charge in [-0.05, 0) is 37.0 Å². The van der Waals surface area contributed by atoms with Crippen LogP contribution in [0, 0.1) is 11.7 Å². The summed E-state index contributed by atoms with van der Waals surface area (Å²) in [4.78, 5) is 2.27. The quantitative estimate of drug-likeness (QED) is 0.887. The van der Waals surface area contributed by atoms with E-state index < -0.39 is 0 Å². The van der Waals surface area contributed by atoms with Gasteiger partial charge in [0, 0.05) is 24.3 Å². The summed E-state index contributed by atoms with van der Waals surface area (Å²) in [5.74, 6) is 0.563. The Morgan fingerprint density at radius 3 is 2.67 bits per heavy atom. The molecule has 0 aliphatic carbocycles. The number of benzene rings is 1. The lowest BCUT2D eigenvalue weighted by Crippen LogP contribution is -2.34. The van der Waals surface area contributed by atoms with Gasteiger partial charge in [-0.25, -0.2) is 4.39 Å². The Kier molecular flexibility index (Phi) is 4.59. The van der Waals surface area contributed by atoms with Gasteiger partial charge in [0.2, 0.25) is 0 Å². The number of anilines is 1. The van der Waals surface area contributed by atoms with Crippen LogP contribution in [0.1, 0.15) is 38.2 Å². The van der Waals surface area contributed by atoms with Crippen molar-refractivity contribution in [2.45, 2.75) is 39.2 Å². The molecule has 100 valence electrons. The predicted octanol–water partition coefficient (Wildman–Crippen LogP) is 3.33. The van der Waals surface area contributed by atoms with Gasteiger partial charge < -0.3 is 10.0 Å². The van der Waals surface area contributed by atoms with E-state index in [1.165, 1.54) is 37.8 Å². The Balaban J connectivity index is 2.05. The topological polar surface area (TPSA) is 23.5 Å². The molecule has 18 heavy (non-hydrogen) atoms. The number of rotatable bonds is 4. The van der Waals surface area contributed by atoms with Crippen molar-refractivity contribution in [2.24, 2.45) is 5.92 Å². The van der Waals surface area contributed by atoms with Crippen LogP contribution in [0.4, 0.5) is 10.1 Å². The van der Waals surface area contributed by atoms with Crippen molar-refractivity contribution >= 4 is 5.69 Å². The normalized spacial score (nSPS) is 17.2. The van der Waals surface area contributed by atoms with Gasteiger partial charge in [0.1, 0.15) is 5.82 Å². The minimum atomic E-state index is -0.274. The fourth-order valence-corrected chi connectivity index (χ4v) is 2.86. The average molecular weight is 251 g/mol. The Morgan fingerprint density at radius 2 is 2.06 bits per heavy atom. The summed E-state index contributed by atoms with van der Waals surface area (Å²) in [6, 6.07) is 4.71. The summed E-state index contributed by atoms with van der Waals surface area (Å²) in [7, 11) is 0. The highest BCUT2D eigenvalue weighted by atomic mass is 19.1. The van der Waals surface area contributed by atoms with Crippen molar-refractivity contribution < 1.29 is 9.50 Å². The van der Waals surface area contributed by atoms with Crippen LogP contribution in [0.3, 0.4) is 0 Å². The van der Waals surface area contributed by atoms with E-state index in [-0.39, 0.29) is 12.4 Å². The number of nitrogens with zero attached hydrogens (tertiary/aromatic N) is 1. The molecule has 0 bridgehead atoms. The second-order valence-corrected chi connectivity index (χ2v) is 5.15. The molecule has 0 atom stereocenters. The largest absolute Gasteiger partial charge is 0.392 e. The Hall–Kier alpha value is -1.09. The molecule has 1 heterocycles. The zero-order valence-electron chi connectivity index (χ0n) is 11.0. The van der Waals surface area contributed by atoms with Gasteiger partial charge in [-0.2, -0.15) is 0 Å². The first-order valence-electron chi connectivity index (χ1n) is 6.88. The van der Waals surface area contributed by atoms with Crippen molar-refractivity contribution in [1.82, 2.24) is 0 Å². The third-order valence-corrected chi connectivity index (χ3v) is 3.86. The molecule has 2 rings (SSSR count). The van der Waals surface area contributed by atoms with Crippen molar-refractivity contribution in [3.05, 3.63) is 29.6 Å². The zero-order valence-corrected chi connectivity index (χ0v) is 11.0. The van der Waals surface area contributed by atoms with Crippen molar-refractivity contribution in [3.63, 3.8) is 0 Å². The van der Waals surface area contributed by atoms with E-state index in [0.29, 0.717) is 5.56 Å². The minimum Gasteiger partial charge on any atom is -0.392 e. The Bertz CT molecular complexity index is 386. The minimum absolute atomic E-state index is 0.0953. The van der Waals surface area contributed by atoms with E-state index in [1.807, 2.05) is 0 Å².